The number of esters is 1. The van der Waals surface area contributed by atoms with Crippen molar-refractivity contribution in [1.82, 2.24) is 5.32 Å². The summed E-state index contributed by atoms with van der Waals surface area (Å²) < 4.78 is 11.2. The van der Waals surface area contributed by atoms with E-state index in [1.54, 1.807) is 0 Å². The number of carbonyl (C=O) groups is 1. The molecule has 2 N–H and O–H groups in total. The molecule has 0 aliphatic carbocycles. The molecular formula is C14H25NO4. The molecule has 2 fully saturated rings. The standard InChI is InChI=1S/C14H25NO4/c1-12(2,3)19-11(16)14(17)6-9-18-13(10-14)4-7-15-8-5-13/h15,17H,4-10H2,1-3H3. The quantitative estimate of drug-likeness (QED) is 0.696. The van der Waals surface area contributed by atoms with E-state index in [2.05, 4.69) is 5.32 Å². The number of piperidine rings is 1. The van der Waals surface area contributed by atoms with Crippen LogP contribution in [-0.4, -0.2) is 47.6 Å². The van der Waals surface area contributed by atoms with Crippen molar-refractivity contribution in [2.45, 2.75) is 63.3 Å². The summed E-state index contributed by atoms with van der Waals surface area (Å²) >= 11 is 0. The van der Waals surface area contributed by atoms with Crippen molar-refractivity contribution < 1.29 is 19.4 Å². The SMILES string of the molecule is CC(C)(C)OC(=O)C1(O)CCOC2(CCNCC2)C1. The Morgan fingerprint density at radius 1 is 1.26 bits per heavy atom. The first-order valence-electron chi connectivity index (χ1n) is 7.05. The number of nitrogens with one attached hydrogen (secondary N) is 1. The van der Waals surface area contributed by atoms with E-state index in [1.165, 1.54) is 0 Å². The van der Waals surface area contributed by atoms with E-state index in [0.29, 0.717) is 19.4 Å². The van der Waals surface area contributed by atoms with E-state index >= 15 is 0 Å². The summed E-state index contributed by atoms with van der Waals surface area (Å²) in [5, 5.41) is 13.9. The van der Waals surface area contributed by atoms with Crippen LogP contribution in [0.15, 0.2) is 0 Å². The molecule has 2 aliphatic rings. The first kappa shape index (κ1) is 14.8. The average molecular weight is 271 g/mol. The average Bonchev–Trinajstić information content (AvgIpc) is 2.27. The smallest absolute Gasteiger partial charge is 0.338 e. The third-order valence-electron chi connectivity index (χ3n) is 3.83. The summed E-state index contributed by atoms with van der Waals surface area (Å²) in [6.45, 7) is 7.58. The zero-order valence-electron chi connectivity index (χ0n) is 12.1. The Bertz CT molecular complexity index is 338. The van der Waals surface area contributed by atoms with E-state index in [9.17, 15) is 9.90 Å². The predicted octanol–water partition coefficient (Wildman–Crippen LogP) is 0.992. The van der Waals surface area contributed by atoms with Crippen LogP contribution in [0.25, 0.3) is 0 Å². The van der Waals surface area contributed by atoms with Gasteiger partial charge < -0.3 is 19.9 Å². The van der Waals surface area contributed by atoms with Crippen LogP contribution in [0.1, 0.15) is 46.5 Å². The normalized spacial score (nSPS) is 31.2. The predicted molar refractivity (Wildman–Crippen MR) is 70.8 cm³/mol. The summed E-state index contributed by atoms with van der Waals surface area (Å²) in [4.78, 5) is 12.2. The molecule has 0 amide bonds. The molecule has 0 aromatic heterocycles. The van der Waals surface area contributed by atoms with Crippen molar-refractivity contribution in [1.29, 1.82) is 0 Å². The third-order valence-corrected chi connectivity index (χ3v) is 3.83. The van der Waals surface area contributed by atoms with Gasteiger partial charge in [-0.2, -0.15) is 0 Å². The highest BCUT2D eigenvalue weighted by atomic mass is 16.6. The maximum Gasteiger partial charge on any atom is 0.338 e. The molecule has 2 rings (SSSR count). The summed E-state index contributed by atoms with van der Waals surface area (Å²) in [5.74, 6) is -0.513. The minimum atomic E-state index is -1.40. The largest absolute Gasteiger partial charge is 0.458 e. The maximum absolute atomic E-state index is 12.2. The van der Waals surface area contributed by atoms with Gasteiger partial charge in [0.15, 0.2) is 5.60 Å². The molecule has 1 unspecified atom stereocenters. The Labute approximate surface area is 114 Å². The van der Waals surface area contributed by atoms with Crippen LogP contribution in [0.2, 0.25) is 0 Å². The van der Waals surface area contributed by atoms with Crippen molar-refractivity contribution in [3.05, 3.63) is 0 Å². The minimum absolute atomic E-state index is 0.317. The lowest BCUT2D eigenvalue weighted by Crippen LogP contribution is -2.57. The lowest BCUT2D eigenvalue weighted by Gasteiger charge is -2.46. The van der Waals surface area contributed by atoms with Gasteiger partial charge in [0.2, 0.25) is 0 Å². The highest BCUT2D eigenvalue weighted by molar-refractivity contribution is 5.80. The molecule has 2 saturated heterocycles. The molecule has 0 aromatic rings. The zero-order chi connectivity index (χ0) is 14.1. The number of rotatable bonds is 1. The minimum Gasteiger partial charge on any atom is -0.458 e. The second kappa shape index (κ2) is 5.04. The van der Waals surface area contributed by atoms with E-state index < -0.39 is 17.2 Å². The topological polar surface area (TPSA) is 67.8 Å². The summed E-state index contributed by atoms with van der Waals surface area (Å²) in [6.07, 6.45) is 2.32. The van der Waals surface area contributed by atoms with Crippen LogP contribution in [0.3, 0.4) is 0 Å². The van der Waals surface area contributed by atoms with Crippen LogP contribution < -0.4 is 5.32 Å². The molecule has 0 aromatic carbocycles. The molecule has 1 spiro atoms. The van der Waals surface area contributed by atoms with Crippen molar-refractivity contribution in [2.75, 3.05) is 19.7 Å². The highest BCUT2D eigenvalue weighted by Crippen LogP contribution is 2.39. The molecule has 0 saturated carbocycles. The Balaban J connectivity index is 2.08. The molecular weight excluding hydrogens is 246 g/mol. The number of hydrogen-bond acceptors (Lipinski definition) is 5. The van der Waals surface area contributed by atoms with Gasteiger partial charge in [0.1, 0.15) is 5.60 Å². The van der Waals surface area contributed by atoms with Crippen LogP contribution in [0.5, 0.6) is 0 Å². The van der Waals surface area contributed by atoms with Gasteiger partial charge in [0, 0.05) is 12.8 Å². The van der Waals surface area contributed by atoms with Gasteiger partial charge in [-0.05, 0) is 46.7 Å². The van der Waals surface area contributed by atoms with Crippen molar-refractivity contribution >= 4 is 5.97 Å². The van der Waals surface area contributed by atoms with E-state index in [1.807, 2.05) is 20.8 Å². The zero-order valence-corrected chi connectivity index (χ0v) is 12.1. The van der Waals surface area contributed by atoms with Crippen LogP contribution in [-0.2, 0) is 14.3 Å². The molecule has 0 bridgehead atoms. The van der Waals surface area contributed by atoms with Crippen LogP contribution in [0.4, 0.5) is 0 Å². The van der Waals surface area contributed by atoms with Gasteiger partial charge >= 0.3 is 5.97 Å². The van der Waals surface area contributed by atoms with E-state index in [-0.39, 0.29) is 5.60 Å². The fourth-order valence-electron chi connectivity index (χ4n) is 2.86. The summed E-state index contributed by atoms with van der Waals surface area (Å²) in [5.41, 5.74) is -2.34. The number of hydrogen-bond donors (Lipinski definition) is 2. The molecule has 5 heteroatoms. The van der Waals surface area contributed by atoms with Gasteiger partial charge in [0.05, 0.1) is 12.2 Å². The van der Waals surface area contributed by atoms with Gasteiger partial charge in [0.25, 0.3) is 0 Å². The molecule has 2 heterocycles. The molecule has 5 nitrogen and oxygen atoms in total. The first-order chi connectivity index (χ1) is 8.75. The van der Waals surface area contributed by atoms with Gasteiger partial charge in [-0.3, -0.25) is 0 Å². The highest BCUT2D eigenvalue weighted by Gasteiger charge is 2.51. The summed E-state index contributed by atoms with van der Waals surface area (Å²) in [6, 6.07) is 0. The molecule has 19 heavy (non-hydrogen) atoms. The Hall–Kier alpha value is -0.650. The Morgan fingerprint density at radius 3 is 2.47 bits per heavy atom. The number of aliphatic hydroxyl groups is 1. The molecule has 110 valence electrons. The number of ether oxygens (including phenoxy) is 2. The Kier molecular flexibility index (Phi) is 3.91. The fourth-order valence-corrected chi connectivity index (χ4v) is 2.86. The van der Waals surface area contributed by atoms with Gasteiger partial charge in [-0.15, -0.1) is 0 Å². The Morgan fingerprint density at radius 2 is 1.89 bits per heavy atom. The molecule has 2 aliphatic heterocycles. The van der Waals surface area contributed by atoms with E-state index in [4.69, 9.17) is 9.47 Å². The van der Waals surface area contributed by atoms with Crippen molar-refractivity contribution in [2.24, 2.45) is 0 Å². The van der Waals surface area contributed by atoms with Crippen molar-refractivity contribution in [3.63, 3.8) is 0 Å². The fraction of sp³-hybridized carbons (Fsp3) is 0.929. The maximum atomic E-state index is 12.2. The first-order valence-corrected chi connectivity index (χ1v) is 7.05. The molecule has 0 radical (unpaired) electrons. The van der Waals surface area contributed by atoms with E-state index in [0.717, 1.165) is 25.9 Å². The second-order valence-electron chi connectivity index (χ2n) is 6.74. The summed E-state index contributed by atoms with van der Waals surface area (Å²) in [7, 11) is 0. The lowest BCUT2D eigenvalue weighted by molar-refractivity contribution is -0.208. The van der Waals surface area contributed by atoms with Crippen LogP contribution >= 0.6 is 0 Å². The van der Waals surface area contributed by atoms with Gasteiger partial charge in [-0.1, -0.05) is 0 Å². The third kappa shape index (κ3) is 3.46. The molecule has 1 atom stereocenters. The lowest BCUT2D eigenvalue weighted by atomic mass is 9.77. The van der Waals surface area contributed by atoms with Crippen LogP contribution in [0, 0.1) is 0 Å². The van der Waals surface area contributed by atoms with Crippen molar-refractivity contribution in [3.8, 4) is 0 Å². The monoisotopic (exact) mass is 271 g/mol. The number of carbonyl (C=O) groups excluding carboxylic acids is 1. The van der Waals surface area contributed by atoms with Gasteiger partial charge in [-0.25, -0.2) is 4.79 Å². The second-order valence-corrected chi connectivity index (χ2v) is 6.74.